The SMILES string of the molecule is C=C[C@H](CCCOC(C)=O)NC(=O)C(Cl)(Cl)Cl. The van der Waals surface area contributed by atoms with Gasteiger partial charge in [-0.1, -0.05) is 40.9 Å². The van der Waals surface area contributed by atoms with E-state index in [0.717, 1.165) is 0 Å². The lowest BCUT2D eigenvalue weighted by Gasteiger charge is -2.17. The Hall–Kier alpha value is -0.450. The van der Waals surface area contributed by atoms with Gasteiger partial charge in [0.1, 0.15) is 0 Å². The summed E-state index contributed by atoms with van der Waals surface area (Å²) in [7, 11) is 0. The number of ether oxygens (including phenoxy) is 1. The van der Waals surface area contributed by atoms with Crippen molar-refractivity contribution in [2.24, 2.45) is 0 Å². The van der Waals surface area contributed by atoms with Gasteiger partial charge in [0.05, 0.1) is 6.61 Å². The van der Waals surface area contributed by atoms with Crippen LogP contribution in [0, 0.1) is 0 Å². The highest BCUT2D eigenvalue weighted by Crippen LogP contribution is 2.26. The van der Waals surface area contributed by atoms with Crippen LogP contribution in [0.15, 0.2) is 12.7 Å². The molecule has 0 spiro atoms. The molecule has 98 valence electrons. The Kier molecular flexibility index (Phi) is 7.59. The van der Waals surface area contributed by atoms with Crippen LogP contribution >= 0.6 is 34.8 Å². The predicted molar refractivity (Wildman–Crippen MR) is 68.3 cm³/mol. The Labute approximate surface area is 115 Å². The molecule has 1 N–H and O–H groups in total. The summed E-state index contributed by atoms with van der Waals surface area (Å²) in [6.45, 7) is 5.17. The first-order valence-electron chi connectivity index (χ1n) is 4.91. The van der Waals surface area contributed by atoms with Crippen LogP contribution in [0.1, 0.15) is 19.8 Å². The monoisotopic (exact) mass is 301 g/mol. The Morgan fingerprint density at radius 2 is 2.06 bits per heavy atom. The van der Waals surface area contributed by atoms with Crippen molar-refractivity contribution in [2.45, 2.75) is 29.6 Å². The van der Waals surface area contributed by atoms with E-state index in [1.807, 2.05) is 0 Å². The molecule has 4 nitrogen and oxygen atoms in total. The van der Waals surface area contributed by atoms with Crippen molar-refractivity contribution in [3.63, 3.8) is 0 Å². The minimum absolute atomic E-state index is 0.281. The van der Waals surface area contributed by atoms with Gasteiger partial charge in [0.25, 0.3) is 9.70 Å². The van der Waals surface area contributed by atoms with Gasteiger partial charge in [-0.05, 0) is 12.8 Å². The van der Waals surface area contributed by atoms with Crippen molar-refractivity contribution in [1.82, 2.24) is 5.32 Å². The molecule has 0 aromatic rings. The van der Waals surface area contributed by atoms with Crippen LogP contribution in [0.25, 0.3) is 0 Å². The zero-order chi connectivity index (χ0) is 13.5. The molecular weight excluding hydrogens is 288 g/mol. The molecule has 0 aromatic carbocycles. The largest absolute Gasteiger partial charge is 0.466 e. The zero-order valence-electron chi connectivity index (χ0n) is 9.34. The fraction of sp³-hybridized carbons (Fsp3) is 0.600. The number of hydrogen-bond acceptors (Lipinski definition) is 3. The van der Waals surface area contributed by atoms with Gasteiger partial charge in [-0.25, -0.2) is 0 Å². The lowest BCUT2D eigenvalue weighted by atomic mass is 10.1. The smallest absolute Gasteiger partial charge is 0.302 e. The van der Waals surface area contributed by atoms with E-state index in [1.54, 1.807) is 0 Å². The third kappa shape index (κ3) is 8.30. The standard InChI is InChI=1S/C10H14Cl3NO3/c1-3-8(5-4-6-17-7(2)15)14-9(16)10(11,12)13/h3,8H,1,4-6H2,2H3,(H,14,16)/t8-/m1/s1. The fourth-order valence-corrected chi connectivity index (χ4v) is 1.18. The first-order valence-corrected chi connectivity index (χ1v) is 6.04. The molecule has 0 unspecified atom stereocenters. The van der Waals surface area contributed by atoms with Crippen LogP contribution in [-0.4, -0.2) is 28.3 Å². The summed E-state index contributed by atoms with van der Waals surface area (Å²) >= 11 is 16.2. The molecule has 0 rings (SSSR count). The molecule has 1 atom stereocenters. The molecule has 0 heterocycles. The number of esters is 1. The van der Waals surface area contributed by atoms with Gasteiger partial charge in [0, 0.05) is 13.0 Å². The van der Waals surface area contributed by atoms with Crippen molar-refractivity contribution >= 4 is 46.7 Å². The topological polar surface area (TPSA) is 55.4 Å². The van der Waals surface area contributed by atoms with E-state index < -0.39 is 9.70 Å². The van der Waals surface area contributed by atoms with Gasteiger partial charge in [0.15, 0.2) is 0 Å². The van der Waals surface area contributed by atoms with E-state index in [0.29, 0.717) is 12.8 Å². The van der Waals surface area contributed by atoms with E-state index in [1.165, 1.54) is 13.0 Å². The Bertz CT molecular complexity index is 289. The Morgan fingerprint density at radius 1 is 1.47 bits per heavy atom. The van der Waals surface area contributed by atoms with Crippen LogP contribution in [-0.2, 0) is 14.3 Å². The summed E-state index contributed by atoms with van der Waals surface area (Å²) in [6.07, 6.45) is 2.65. The average Bonchev–Trinajstić information content (AvgIpc) is 2.20. The summed E-state index contributed by atoms with van der Waals surface area (Å²) in [5.74, 6) is -1.05. The Morgan fingerprint density at radius 3 is 2.47 bits per heavy atom. The molecule has 0 aromatic heterocycles. The van der Waals surface area contributed by atoms with E-state index in [4.69, 9.17) is 39.5 Å². The lowest BCUT2D eigenvalue weighted by molar-refractivity contribution is -0.141. The van der Waals surface area contributed by atoms with Gasteiger partial charge in [-0.3, -0.25) is 9.59 Å². The van der Waals surface area contributed by atoms with Crippen LogP contribution in [0.5, 0.6) is 0 Å². The van der Waals surface area contributed by atoms with Gasteiger partial charge < -0.3 is 10.1 Å². The quantitative estimate of drug-likeness (QED) is 0.355. The molecular formula is C10H14Cl3NO3. The Balaban J connectivity index is 3.97. The van der Waals surface area contributed by atoms with Crippen LogP contribution in [0.2, 0.25) is 0 Å². The van der Waals surface area contributed by atoms with Crippen molar-refractivity contribution in [3.05, 3.63) is 12.7 Å². The van der Waals surface area contributed by atoms with Crippen molar-refractivity contribution in [2.75, 3.05) is 6.61 Å². The van der Waals surface area contributed by atoms with Gasteiger partial charge in [-0.2, -0.15) is 0 Å². The predicted octanol–water partition coefficient (Wildman–Crippen LogP) is 2.37. The third-order valence-electron chi connectivity index (χ3n) is 1.82. The number of alkyl halides is 3. The number of amides is 1. The second-order valence-electron chi connectivity index (χ2n) is 3.30. The molecule has 0 aliphatic heterocycles. The summed E-state index contributed by atoms with van der Waals surface area (Å²) in [5, 5.41) is 2.50. The van der Waals surface area contributed by atoms with E-state index in [9.17, 15) is 9.59 Å². The molecule has 0 saturated carbocycles. The van der Waals surface area contributed by atoms with Crippen molar-refractivity contribution in [3.8, 4) is 0 Å². The highest BCUT2D eigenvalue weighted by Gasteiger charge is 2.31. The third-order valence-corrected chi connectivity index (χ3v) is 2.34. The summed E-state index contributed by atoms with van der Waals surface area (Å²) in [4.78, 5) is 21.8. The van der Waals surface area contributed by atoms with Gasteiger partial charge >= 0.3 is 5.97 Å². The maximum atomic E-state index is 11.3. The highest BCUT2D eigenvalue weighted by molar-refractivity contribution is 6.76. The van der Waals surface area contributed by atoms with Crippen molar-refractivity contribution in [1.29, 1.82) is 0 Å². The number of hydrogen-bond donors (Lipinski definition) is 1. The molecule has 17 heavy (non-hydrogen) atoms. The molecule has 0 bridgehead atoms. The maximum Gasteiger partial charge on any atom is 0.302 e. The van der Waals surface area contributed by atoms with E-state index >= 15 is 0 Å². The molecule has 7 heteroatoms. The molecule has 0 radical (unpaired) electrons. The van der Waals surface area contributed by atoms with Crippen LogP contribution in [0.4, 0.5) is 0 Å². The first kappa shape index (κ1) is 16.6. The highest BCUT2D eigenvalue weighted by atomic mass is 35.6. The number of halogens is 3. The lowest BCUT2D eigenvalue weighted by Crippen LogP contribution is -2.40. The van der Waals surface area contributed by atoms with Crippen LogP contribution in [0.3, 0.4) is 0 Å². The van der Waals surface area contributed by atoms with Gasteiger partial charge in [0.2, 0.25) is 0 Å². The number of rotatable bonds is 6. The molecule has 0 aliphatic carbocycles. The molecule has 0 fully saturated rings. The van der Waals surface area contributed by atoms with E-state index in [-0.39, 0.29) is 18.6 Å². The molecule has 0 aliphatic rings. The number of nitrogens with one attached hydrogen (secondary N) is 1. The van der Waals surface area contributed by atoms with Gasteiger partial charge in [-0.15, -0.1) is 6.58 Å². The zero-order valence-corrected chi connectivity index (χ0v) is 11.6. The summed E-state index contributed by atoms with van der Waals surface area (Å²) < 4.78 is 2.76. The maximum absolute atomic E-state index is 11.3. The average molecular weight is 303 g/mol. The number of carbonyl (C=O) groups is 2. The summed E-state index contributed by atoms with van der Waals surface area (Å²) in [5.41, 5.74) is 0. The number of carbonyl (C=O) groups excluding carboxylic acids is 2. The fourth-order valence-electron chi connectivity index (χ4n) is 1.02. The van der Waals surface area contributed by atoms with E-state index in [2.05, 4.69) is 11.9 Å². The molecule has 1 amide bonds. The normalized spacial score (nSPS) is 12.7. The second-order valence-corrected chi connectivity index (χ2v) is 5.58. The van der Waals surface area contributed by atoms with Crippen LogP contribution < -0.4 is 5.32 Å². The molecule has 0 saturated heterocycles. The first-order chi connectivity index (χ1) is 7.77. The summed E-state index contributed by atoms with van der Waals surface area (Å²) in [6, 6.07) is -0.325. The second kappa shape index (κ2) is 7.80. The van der Waals surface area contributed by atoms with Crippen molar-refractivity contribution < 1.29 is 14.3 Å². The minimum atomic E-state index is -1.99. The minimum Gasteiger partial charge on any atom is -0.466 e.